The van der Waals surface area contributed by atoms with Gasteiger partial charge in [-0.15, -0.1) is 13.2 Å². The fraction of sp³-hybridized carbons (Fsp3) is 0.200. The van der Waals surface area contributed by atoms with Gasteiger partial charge in [-0.3, -0.25) is 14.0 Å². The van der Waals surface area contributed by atoms with Gasteiger partial charge in [-0.25, -0.2) is 15.0 Å². The number of aromatic nitrogens is 7. The Morgan fingerprint density at radius 2 is 1.73 bits per heavy atom. The number of amides is 1. The number of hydrogen-bond acceptors (Lipinski definition) is 10. The van der Waals surface area contributed by atoms with Gasteiger partial charge in [0.25, 0.3) is 0 Å². The smallest absolute Gasteiger partial charge is 0.406 e. The van der Waals surface area contributed by atoms with Crippen LogP contribution in [-0.2, 0) is 24.6 Å². The second-order valence-electron chi connectivity index (χ2n) is 9.23. The Morgan fingerprint density at radius 1 is 1.00 bits per heavy atom. The van der Waals surface area contributed by atoms with Gasteiger partial charge in [-0.1, -0.05) is 0 Å². The lowest BCUT2D eigenvalue weighted by atomic mass is 10.2. The molecule has 0 saturated carbocycles. The van der Waals surface area contributed by atoms with E-state index in [1.54, 1.807) is 11.6 Å². The number of carbonyl (C=O) groups is 1. The number of nitrogens with zero attached hydrogens (tertiary/aromatic N) is 8. The van der Waals surface area contributed by atoms with Crippen LogP contribution in [0.5, 0.6) is 5.75 Å². The quantitative estimate of drug-likeness (QED) is 0.199. The number of halogens is 6. The van der Waals surface area contributed by atoms with Crippen molar-refractivity contribution in [3.63, 3.8) is 0 Å². The number of ether oxygens (including phenoxy) is 1. The highest BCUT2D eigenvalue weighted by atomic mass is 19.4. The van der Waals surface area contributed by atoms with Crippen LogP contribution in [0.2, 0.25) is 0 Å². The average Bonchev–Trinajstić information content (AvgIpc) is 3.50. The molecule has 0 spiro atoms. The Morgan fingerprint density at radius 3 is 2.39 bits per heavy atom. The molecule has 13 nitrogen and oxygen atoms in total. The van der Waals surface area contributed by atoms with Crippen molar-refractivity contribution in [2.24, 2.45) is 12.8 Å². The number of aryl methyl sites for hydroxylation is 1. The predicted octanol–water partition coefficient (Wildman–Crippen LogP) is 4.61. The van der Waals surface area contributed by atoms with Crippen LogP contribution >= 0.6 is 0 Å². The maximum atomic E-state index is 13.9. The molecule has 4 N–H and O–H groups in total. The van der Waals surface area contributed by atoms with Gasteiger partial charge in [0, 0.05) is 32.2 Å². The molecule has 44 heavy (non-hydrogen) atoms. The van der Waals surface area contributed by atoms with Crippen molar-refractivity contribution < 1.29 is 35.9 Å². The highest BCUT2D eigenvalue weighted by Crippen LogP contribution is 2.38. The summed E-state index contributed by atoms with van der Waals surface area (Å²) in [5, 5.41) is 9.64. The second kappa shape index (κ2) is 11.2. The molecule has 0 aliphatic carbocycles. The van der Waals surface area contributed by atoms with E-state index in [1.165, 1.54) is 53.4 Å². The van der Waals surface area contributed by atoms with E-state index < -0.39 is 35.6 Å². The Balaban J connectivity index is 1.41. The number of anilines is 6. The summed E-state index contributed by atoms with van der Waals surface area (Å²) >= 11 is 0. The first-order chi connectivity index (χ1) is 20.7. The maximum Gasteiger partial charge on any atom is 0.573 e. The van der Waals surface area contributed by atoms with Crippen molar-refractivity contribution >= 4 is 51.8 Å². The minimum atomic E-state index is -4.83. The van der Waals surface area contributed by atoms with E-state index >= 15 is 0 Å². The Bertz CT molecular complexity index is 1820. The zero-order valence-electron chi connectivity index (χ0n) is 22.6. The number of primary amides is 1. The first-order valence-corrected chi connectivity index (χ1v) is 12.4. The number of nitrogens with two attached hydrogens (primary N) is 1. The van der Waals surface area contributed by atoms with Crippen LogP contribution in [0.15, 0.2) is 55.1 Å². The number of carbonyl (C=O) groups excluding carboxylic acids is 1. The monoisotopic (exact) mass is 621 g/mol. The molecule has 0 saturated heterocycles. The third-order valence-corrected chi connectivity index (χ3v) is 6.02. The Labute approximate surface area is 243 Å². The number of alkyl halides is 6. The summed E-state index contributed by atoms with van der Waals surface area (Å²) in [6, 6.07) is 6.46. The molecule has 0 aliphatic rings. The molecular formula is C25H21F6N11O2. The number of fused-ring (bicyclic) bond motifs is 1. The zero-order chi connectivity index (χ0) is 31.8. The Hall–Kier alpha value is -5.62. The predicted molar refractivity (Wildman–Crippen MR) is 145 cm³/mol. The molecule has 0 atom stereocenters. The van der Waals surface area contributed by atoms with E-state index in [0.29, 0.717) is 28.7 Å². The third kappa shape index (κ3) is 6.71. The lowest BCUT2D eigenvalue weighted by molar-refractivity contribution is -0.274. The van der Waals surface area contributed by atoms with Gasteiger partial charge in [-0.05, 0) is 30.3 Å². The van der Waals surface area contributed by atoms with Crippen LogP contribution in [-0.4, -0.2) is 53.6 Å². The molecule has 1 aromatic carbocycles. The number of nitrogens with one attached hydrogen (secondary N) is 2. The molecule has 4 aromatic heterocycles. The average molecular weight is 622 g/mol. The highest BCUT2D eigenvalue weighted by Gasteiger charge is 2.37. The standard InChI is InChI=1S/C25H21F6N11O2/c1-40(20-17(24(26,27)28)10-34-22(39-20)36-14-8-35-42(11-14)12-19(32)43)15-7-18-21(33-9-15)41(2)23(38-18)37-13-3-5-16(6-4-13)44-25(29,30)31/h3-11H,12H2,1-2H3,(H2,32,43)(H,37,38)(H,34,36,39). The summed E-state index contributed by atoms with van der Waals surface area (Å²) in [6.07, 6.45) is -4.93. The molecule has 19 heteroatoms. The molecule has 230 valence electrons. The van der Waals surface area contributed by atoms with Crippen LogP contribution in [0.1, 0.15) is 5.56 Å². The van der Waals surface area contributed by atoms with Crippen molar-refractivity contribution in [2.75, 3.05) is 22.6 Å². The van der Waals surface area contributed by atoms with Crippen molar-refractivity contribution in [3.05, 3.63) is 60.7 Å². The number of hydrogen-bond donors (Lipinski definition) is 3. The van der Waals surface area contributed by atoms with Gasteiger partial charge in [0.1, 0.15) is 23.4 Å². The van der Waals surface area contributed by atoms with Crippen molar-refractivity contribution in [2.45, 2.75) is 19.1 Å². The van der Waals surface area contributed by atoms with Gasteiger partial charge < -0.3 is 26.0 Å². The van der Waals surface area contributed by atoms with Crippen LogP contribution < -0.4 is 26.0 Å². The first-order valence-electron chi connectivity index (χ1n) is 12.4. The zero-order valence-corrected chi connectivity index (χ0v) is 22.6. The van der Waals surface area contributed by atoms with Crippen LogP contribution in [0.4, 0.5) is 61.1 Å². The summed E-state index contributed by atoms with van der Waals surface area (Å²) in [7, 11) is 2.99. The van der Waals surface area contributed by atoms with Crippen LogP contribution in [0.3, 0.4) is 0 Å². The number of rotatable bonds is 9. The van der Waals surface area contributed by atoms with E-state index in [2.05, 4.69) is 40.4 Å². The summed E-state index contributed by atoms with van der Waals surface area (Å²) in [6.45, 7) is -0.201. The van der Waals surface area contributed by atoms with Crippen LogP contribution in [0.25, 0.3) is 11.2 Å². The number of imidazole rings is 1. The molecule has 5 rings (SSSR count). The highest BCUT2D eigenvalue weighted by molar-refractivity contribution is 5.81. The SMILES string of the molecule is CN(c1cnc2c(c1)nc(Nc1ccc(OC(F)(F)F)cc1)n2C)c1nc(Nc2cnn(CC(N)=O)c2)ncc1C(F)(F)F. The lowest BCUT2D eigenvalue weighted by Gasteiger charge is -2.22. The third-order valence-electron chi connectivity index (χ3n) is 6.02. The summed E-state index contributed by atoms with van der Waals surface area (Å²) in [4.78, 5) is 28.9. The van der Waals surface area contributed by atoms with E-state index in [1.807, 2.05) is 0 Å². The van der Waals surface area contributed by atoms with E-state index in [-0.39, 0.29) is 24.1 Å². The second-order valence-corrected chi connectivity index (χ2v) is 9.23. The Kier molecular flexibility index (Phi) is 7.62. The van der Waals surface area contributed by atoms with Crippen molar-refractivity contribution in [1.29, 1.82) is 0 Å². The molecular weight excluding hydrogens is 600 g/mol. The van der Waals surface area contributed by atoms with E-state index in [9.17, 15) is 31.1 Å². The summed E-state index contributed by atoms with van der Waals surface area (Å²) < 4.78 is 85.8. The lowest BCUT2D eigenvalue weighted by Crippen LogP contribution is -2.19. The van der Waals surface area contributed by atoms with Gasteiger partial charge >= 0.3 is 12.5 Å². The van der Waals surface area contributed by atoms with Crippen LogP contribution in [0, 0.1) is 0 Å². The fourth-order valence-electron chi connectivity index (χ4n) is 4.04. The molecule has 4 heterocycles. The molecule has 0 radical (unpaired) electrons. The number of benzene rings is 1. The largest absolute Gasteiger partial charge is 0.573 e. The molecule has 5 aromatic rings. The minimum Gasteiger partial charge on any atom is -0.406 e. The molecule has 0 unspecified atom stereocenters. The fourth-order valence-corrected chi connectivity index (χ4v) is 4.04. The van der Waals surface area contributed by atoms with E-state index in [0.717, 1.165) is 12.1 Å². The summed E-state index contributed by atoms with van der Waals surface area (Å²) in [5.41, 5.74) is 5.61. The first kappa shape index (κ1) is 29.9. The minimum absolute atomic E-state index is 0.177. The van der Waals surface area contributed by atoms with Gasteiger partial charge in [0.2, 0.25) is 17.8 Å². The van der Waals surface area contributed by atoms with Gasteiger partial charge in [-0.2, -0.15) is 23.3 Å². The topological polar surface area (TPSA) is 154 Å². The number of pyridine rings is 1. The molecule has 1 amide bonds. The summed E-state index contributed by atoms with van der Waals surface area (Å²) in [5.74, 6) is -1.44. The van der Waals surface area contributed by atoms with Gasteiger partial charge in [0.15, 0.2) is 11.5 Å². The molecule has 0 fully saturated rings. The van der Waals surface area contributed by atoms with Gasteiger partial charge in [0.05, 0.1) is 23.8 Å². The maximum absolute atomic E-state index is 13.9. The van der Waals surface area contributed by atoms with E-state index in [4.69, 9.17) is 5.73 Å². The van der Waals surface area contributed by atoms with Crippen molar-refractivity contribution in [1.82, 2.24) is 34.3 Å². The normalized spacial score (nSPS) is 11.9. The molecule has 0 bridgehead atoms. The van der Waals surface area contributed by atoms with Crippen molar-refractivity contribution in [3.8, 4) is 5.75 Å². The molecule has 0 aliphatic heterocycles.